The Balaban J connectivity index is 2.21. The van der Waals surface area contributed by atoms with E-state index in [0.717, 1.165) is 5.57 Å². The van der Waals surface area contributed by atoms with E-state index in [-0.39, 0.29) is 22.4 Å². The first-order valence-corrected chi connectivity index (χ1v) is 8.70. The fourth-order valence-corrected chi connectivity index (χ4v) is 3.70. The van der Waals surface area contributed by atoms with Crippen LogP contribution in [-0.4, -0.2) is 29.1 Å². The molecule has 0 aromatic carbocycles. The lowest BCUT2D eigenvalue weighted by molar-refractivity contribution is -0.188. The third-order valence-corrected chi connectivity index (χ3v) is 5.20. The van der Waals surface area contributed by atoms with Crippen LogP contribution in [0.3, 0.4) is 0 Å². The van der Waals surface area contributed by atoms with Gasteiger partial charge in [-0.2, -0.15) is 0 Å². The normalized spacial score (nSPS) is 36.9. The molecule has 2 aliphatic heterocycles. The van der Waals surface area contributed by atoms with E-state index in [2.05, 4.69) is 20.8 Å². The van der Waals surface area contributed by atoms with Gasteiger partial charge in [-0.25, -0.2) is 0 Å². The minimum absolute atomic E-state index is 0.0435. The number of carbonyl (C=O) groups is 2. The van der Waals surface area contributed by atoms with Gasteiger partial charge in [-0.1, -0.05) is 47.6 Å². The second-order valence-corrected chi connectivity index (χ2v) is 9.48. The van der Waals surface area contributed by atoms with E-state index in [0.29, 0.717) is 18.4 Å². The maximum absolute atomic E-state index is 13.4. The molecule has 0 aromatic heterocycles. The van der Waals surface area contributed by atoms with Gasteiger partial charge in [0, 0.05) is 18.4 Å². The van der Waals surface area contributed by atoms with E-state index in [1.165, 1.54) is 0 Å². The summed E-state index contributed by atoms with van der Waals surface area (Å²) in [5.41, 5.74) is -0.0999. The molecule has 0 amide bonds. The van der Waals surface area contributed by atoms with Crippen molar-refractivity contribution in [2.45, 2.75) is 78.8 Å². The summed E-state index contributed by atoms with van der Waals surface area (Å²) >= 11 is 0. The molecule has 0 aromatic rings. The number of Topliss-reactive ketones (excluding diaryl/α,β-unsaturated/α-hetero) is 2. The monoisotopic (exact) mass is 332 g/mol. The predicted octanol–water partition coefficient (Wildman–Crippen LogP) is 3.75. The number of hydrogen-bond donors (Lipinski definition) is 0. The molecule has 3 rings (SSSR count). The second kappa shape index (κ2) is 4.89. The molecule has 3 unspecified atom stereocenters. The zero-order chi connectivity index (χ0) is 18.1. The van der Waals surface area contributed by atoms with Crippen LogP contribution in [-0.2, 0) is 19.1 Å². The SMILES string of the molecule is CC12CCC(=O)C(O1)C1(C=C(C(C)(C)C)C=C(C(C)(C)C)C1=O)O2. The summed E-state index contributed by atoms with van der Waals surface area (Å²) in [6.07, 6.45) is 3.87. The summed E-state index contributed by atoms with van der Waals surface area (Å²) in [5, 5.41) is 0. The predicted molar refractivity (Wildman–Crippen MR) is 91.4 cm³/mol. The third kappa shape index (κ3) is 2.51. The van der Waals surface area contributed by atoms with Crippen molar-refractivity contribution in [1.29, 1.82) is 0 Å². The van der Waals surface area contributed by atoms with Crippen LogP contribution >= 0.6 is 0 Å². The molecule has 0 saturated carbocycles. The first-order chi connectivity index (χ1) is 10.8. The van der Waals surface area contributed by atoms with Crippen LogP contribution in [0.1, 0.15) is 61.3 Å². The molecule has 3 aliphatic rings. The lowest BCUT2D eigenvalue weighted by Crippen LogP contribution is -2.53. The number of rotatable bonds is 0. The molecule has 3 atom stereocenters. The summed E-state index contributed by atoms with van der Waals surface area (Å²) in [6, 6.07) is 0. The van der Waals surface area contributed by atoms with E-state index in [9.17, 15) is 9.59 Å². The highest BCUT2D eigenvalue weighted by Gasteiger charge is 2.65. The van der Waals surface area contributed by atoms with Gasteiger partial charge in [-0.15, -0.1) is 0 Å². The van der Waals surface area contributed by atoms with E-state index in [1.807, 2.05) is 39.8 Å². The van der Waals surface area contributed by atoms with Gasteiger partial charge in [0.2, 0.25) is 0 Å². The van der Waals surface area contributed by atoms with Gasteiger partial charge < -0.3 is 9.47 Å². The Bertz CT molecular complexity index is 671. The molecular formula is C20H28O4. The molecule has 2 heterocycles. The van der Waals surface area contributed by atoms with Gasteiger partial charge in [0.25, 0.3) is 0 Å². The van der Waals surface area contributed by atoms with Gasteiger partial charge in [0.15, 0.2) is 29.1 Å². The molecule has 1 spiro atoms. The Kier molecular flexibility index (Phi) is 3.58. The fraction of sp³-hybridized carbons (Fsp3) is 0.700. The van der Waals surface area contributed by atoms with Crippen molar-refractivity contribution < 1.29 is 19.1 Å². The Labute approximate surface area is 144 Å². The van der Waals surface area contributed by atoms with Crippen LogP contribution in [0.5, 0.6) is 0 Å². The fourth-order valence-electron chi connectivity index (χ4n) is 3.70. The standard InChI is InChI=1S/C20H28O4/c1-17(2,3)12-10-13(18(4,5)6)15(22)20(11-12)16-14(21)8-9-19(7,23-16)24-20/h10-11,16H,8-9H2,1-7H3. The average Bonchev–Trinajstić information content (AvgIpc) is 2.66. The van der Waals surface area contributed by atoms with Crippen molar-refractivity contribution in [1.82, 2.24) is 0 Å². The van der Waals surface area contributed by atoms with Crippen LogP contribution in [0, 0.1) is 10.8 Å². The lowest BCUT2D eigenvalue weighted by Gasteiger charge is -2.38. The van der Waals surface area contributed by atoms with Gasteiger partial charge in [0.1, 0.15) is 0 Å². The van der Waals surface area contributed by atoms with Crippen LogP contribution < -0.4 is 0 Å². The summed E-state index contributed by atoms with van der Waals surface area (Å²) in [7, 11) is 0. The van der Waals surface area contributed by atoms with Gasteiger partial charge in [-0.05, 0) is 29.4 Å². The smallest absolute Gasteiger partial charge is 0.198 e. The number of carbonyl (C=O) groups excluding carboxylic acids is 2. The van der Waals surface area contributed by atoms with Crippen LogP contribution in [0.4, 0.5) is 0 Å². The second-order valence-electron chi connectivity index (χ2n) is 9.48. The third-order valence-electron chi connectivity index (χ3n) is 5.20. The van der Waals surface area contributed by atoms with E-state index >= 15 is 0 Å². The highest BCUT2D eigenvalue weighted by Crippen LogP contribution is 2.51. The van der Waals surface area contributed by atoms with Crippen molar-refractivity contribution in [3.63, 3.8) is 0 Å². The molecule has 2 fully saturated rings. The molecule has 0 radical (unpaired) electrons. The minimum Gasteiger partial charge on any atom is -0.335 e. The molecular weight excluding hydrogens is 304 g/mol. The first kappa shape index (κ1) is 17.6. The van der Waals surface area contributed by atoms with Crippen molar-refractivity contribution in [3.05, 3.63) is 23.3 Å². The zero-order valence-electron chi connectivity index (χ0n) is 15.8. The van der Waals surface area contributed by atoms with Crippen molar-refractivity contribution in [2.24, 2.45) is 10.8 Å². The lowest BCUT2D eigenvalue weighted by atomic mass is 9.68. The van der Waals surface area contributed by atoms with Gasteiger partial charge in [0.05, 0.1) is 0 Å². The molecule has 4 nitrogen and oxygen atoms in total. The van der Waals surface area contributed by atoms with Crippen molar-refractivity contribution in [3.8, 4) is 0 Å². The Hall–Kier alpha value is -1.26. The van der Waals surface area contributed by atoms with E-state index < -0.39 is 17.5 Å². The largest absolute Gasteiger partial charge is 0.335 e. The Morgan fingerprint density at radius 1 is 1.08 bits per heavy atom. The van der Waals surface area contributed by atoms with Crippen LogP contribution in [0.2, 0.25) is 0 Å². The minimum atomic E-state index is -1.32. The van der Waals surface area contributed by atoms with E-state index in [4.69, 9.17) is 9.47 Å². The highest BCUT2D eigenvalue weighted by atomic mass is 16.8. The van der Waals surface area contributed by atoms with Gasteiger partial charge in [-0.3, -0.25) is 9.59 Å². The quantitative estimate of drug-likeness (QED) is 0.678. The molecule has 4 heteroatoms. The number of allylic oxidation sites excluding steroid dienone is 2. The topological polar surface area (TPSA) is 52.6 Å². The molecule has 2 saturated heterocycles. The molecule has 0 N–H and O–H groups in total. The summed E-state index contributed by atoms with van der Waals surface area (Å²) in [4.78, 5) is 25.9. The molecule has 132 valence electrons. The first-order valence-electron chi connectivity index (χ1n) is 8.70. The summed E-state index contributed by atoms with van der Waals surface area (Å²) < 4.78 is 12.1. The Morgan fingerprint density at radius 3 is 2.25 bits per heavy atom. The number of ketones is 2. The number of hydrogen-bond acceptors (Lipinski definition) is 4. The average molecular weight is 332 g/mol. The summed E-state index contributed by atoms with van der Waals surface area (Å²) in [5.74, 6) is -1.04. The Morgan fingerprint density at radius 2 is 1.71 bits per heavy atom. The molecule has 2 bridgehead atoms. The maximum atomic E-state index is 13.4. The van der Waals surface area contributed by atoms with Crippen LogP contribution in [0.15, 0.2) is 23.3 Å². The highest BCUT2D eigenvalue weighted by molar-refractivity contribution is 6.10. The maximum Gasteiger partial charge on any atom is 0.198 e. The molecule has 1 aliphatic carbocycles. The number of ether oxygens (including phenoxy) is 2. The van der Waals surface area contributed by atoms with Gasteiger partial charge >= 0.3 is 0 Å². The zero-order valence-corrected chi connectivity index (χ0v) is 15.8. The van der Waals surface area contributed by atoms with Crippen LogP contribution in [0.25, 0.3) is 0 Å². The number of fused-ring (bicyclic) bond motifs is 3. The summed E-state index contributed by atoms with van der Waals surface area (Å²) in [6.45, 7) is 14.2. The molecule has 24 heavy (non-hydrogen) atoms. The van der Waals surface area contributed by atoms with Crippen molar-refractivity contribution >= 4 is 11.6 Å². The van der Waals surface area contributed by atoms with Crippen molar-refractivity contribution in [2.75, 3.05) is 0 Å². The van der Waals surface area contributed by atoms with E-state index in [1.54, 1.807) is 0 Å².